The van der Waals surface area contributed by atoms with Crippen LogP contribution in [0.5, 0.6) is 17.4 Å². The summed E-state index contributed by atoms with van der Waals surface area (Å²) in [6.45, 7) is 0. The second-order valence-corrected chi connectivity index (χ2v) is 4.92. The van der Waals surface area contributed by atoms with Crippen molar-refractivity contribution in [1.82, 2.24) is 9.97 Å². The van der Waals surface area contributed by atoms with Crippen molar-refractivity contribution >= 4 is 27.2 Å². The van der Waals surface area contributed by atoms with E-state index in [1.165, 1.54) is 43.0 Å². The van der Waals surface area contributed by atoms with Gasteiger partial charge in [-0.25, -0.2) is 9.97 Å². The molecule has 0 bridgehead atoms. The Morgan fingerprint density at radius 3 is 2.90 bits per heavy atom. The highest BCUT2D eigenvalue weighted by molar-refractivity contribution is 7.17. The number of methoxy groups -OCH3 is 1. The van der Waals surface area contributed by atoms with Gasteiger partial charge in [-0.3, -0.25) is 10.1 Å². The largest absolute Gasteiger partial charge is 0.490 e. The first kappa shape index (κ1) is 13.3. The van der Waals surface area contributed by atoms with E-state index in [4.69, 9.17) is 9.47 Å². The third-order valence-electron chi connectivity index (χ3n) is 2.77. The lowest BCUT2D eigenvalue weighted by atomic mass is 10.3. The van der Waals surface area contributed by atoms with Crippen LogP contribution in [0.1, 0.15) is 0 Å². The van der Waals surface area contributed by atoms with Gasteiger partial charge in [-0.05, 0) is 17.5 Å². The van der Waals surface area contributed by atoms with Gasteiger partial charge in [0.2, 0.25) is 11.6 Å². The molecule has 1 aromatic carbocycles. The van der Waals surface area contributed by atoms with Crippen molar-refractivity contribution in [3.05, 3.63) is 46.1 Å². The van der Waals surface area contributed by atoms with Gasteiger partial charge in [0.05, 0.1) is 17.5 Å². The van der Waals surface area contributed by atoms with Gasteiger partial charge in [0.25, 0.3) is 0 Å². The van der Waals surface area contributed by atoms with Gasteiger partial charge in [-0.15, -0.1) is 11.3 Å². The molecule has 0 spiro atoms. The number of nitrogens with zero attached hydrogens (tertiary/aromatic N) is 3. The Labute approximate surface area is 122 Å². The number of rotatable bonds is 4. The van der Waals surface area contributed by atoms with E-state index in [-0.39, 0.29) is 11.4 Å². The van der Waals surface area contributed by atoms with Crippen LogP contribution in [0.3, 0.4) is 0 Å². The summed E-state index contributed by atoms with van der Waals surface area (Å²) < 4.78 is 11.5. The van der Waals surface area contributed by atoms with Gasteiger partial charge in [0.1, 0.15) is 16.8 Å². The number of fused-ring (bicyclic) bond motifs is 1. The maximum absolute atomic E-state index is 10.9. The first-order chi connectivity index (χ1) is 10.2. The fraction of sp³-hybridized carbons (Fsp3) is 0.0769. The van der Waals surface area contributed by atoms with Crippen LogP contribution in [-0.2, 0) is 0 Å². The smallest absolute Gasteiger partial charge is 0.311 e. The first-order valence-corrected chi connectivity index (χ1v) is 6.75. The molecule has 0 N–H and O–H groups in total. The Bertz CT molecular complexity index is 818. The van der Waals surface area contributed by atoms with Crippen molar-refractivity contribution in [3.8, 4) is 17.4 Å². The van der Waals surface area contributed by atoms with Crippen molar-refractivity contribution in [2.45, 2.75) is 0 Å². The Balaban J connectivity index is 1.98. The molecule has 2 aromatic heterocycles. The highest BCUT2D eigenvalue weighted by Crippen LogP contribution is 2.35. The summed E-state index contributed by atoms with van der Waals surface area (Å²) in [6, 6.07) is 6.16. The molecule has 2 heterocycles. The van der Waals surface area contributed by atoms with Crippen LogP contribution in [0.2, 0.25) is 0 Å². The normalized spacial score (nSPS) is 10.5. The SMILES string of the molecule is COc1cc(Oc2ncnc3ccsc23)ccc1[N+](=O)[O-]. The van der Waals surface area contributed by atoms with E-state index in [2.05, 4.69) is 9.97 Å². The summed E-state index contributed by atoms with van der Waals surface area (Å²) in [6.07, 6.45) is 1.41. The minimum atomic E-state index is -0.509. The maximum atomic E-state index is 10.9. The molecule has 0 saturated carbocycles. The average molecular weight is 303 g/mol. The molecular formula is C13H9N3O4S. The number of thiophene rings is 1. The number of hydrogen-bond acceptors (Lipinski definition) is 7. The number of nitro groups is 1. The molecule has 8 heteroatoms. The van der Waals surface area contributed by atoms with Crippen molar-refractivity contribution in [1.29, 1.82) is 0 Å². The quantitative estimate of drug-likeness (QED) is 0.542. The molecular weight excluding hydrogens is 294 g/mol. The summed E-state index contributed by atoms with van der Waals surface area (Å²) in [5.41, 5.74) is 0.674. The van der Waals surface area contributed by atoms with Crippen LogP contribution in [0.25, 0.3) is 10.2 Å². The third-order valence-corrected chi connectivity index (χ3v) is 3.66. The predicted molar refractivity (Wildman–Crippen MR) is 77.1 cm³/mol. The van der Waals surface area contributed by atoms with Gasteiger partial charge in [-0.2, -0.15) is 0 Å². The molecule has 0 fully saturated rings. The van der Waals surface area contributed by atoms with Crippen molar-refractivity contribution < 1.29 is 14.4 Å². The van der Waals surface area contributed by atoms with Crippen LogP contribution >= 0.6 is 11.3 Å². The molecule has 0 atom stereocenters. The molecule has 0 aliphatic heterocycles. The van der Waals surface area contributed by atoms with Crippen molar-refractivity contribution in [2.24, 2.45) is 0 Å². The van der Waals surface area contributed by atoms with Gasteiger partial charge in [0, 0.05) is 12.1 Å². The fourth-order valence-electron chi connectivity index (χ4n) is 1.82. The summed E-state index contributed by atoms with van der Waals surface area (Å²) in [7, 11) is 1.37. The van der Waals surface area contributed by atoms with Crippen LogP contribution in [0, 0.1) is 10.1 Å². The topological polar surface area (TPSA) is 87.4 Å². The van der Waals surface area contributed by atoms with E-state index in [0.717, 1.165) is 10.2 Å². The van der Waals surface area contributed by atoms with Crippen molar-refractivity contribution in [2.75, 3.05) is 7.11 Å². The van der Waals surface area contributed by atoms with E-state index in [1.54, 1.807) is 0 Å². The molecule has 106 valence electrons. The summed E-state index contributed by atoms with van der Waals surface area (Å²) in [5.74, 6) is 0.950. The number of hydrogen-bond donors (Lipinski definition) is 0. The highest BCUT2D eigenvalue weighted by atomic mass is 32.1. The second-order valence-electron chi connectivity index (χ2n) is 4.01. The van der Waals surface area contributed by atoms with E-state index in [1.807, 2.05) is 11.4 Å². The Morgan fingerprint density at radius 1 is 1.29 bits per heavy atom. The van der Waals surface area contributed by atoms with Crippen LogP contribution in [0.15, 0.2) is 36.0 Å². The Morgan fingerprint density at radius 2 is 2.14 bits per heavy atom. The molecule has 3 rings (SSSR count). The summed E-state index contributed by atoms with van der Waals surface area (Å²) >= 11 is 1.46. The molecule has 0 aliphatic carbocycles. The monoisotopic (exact) mass is 303 g/mol. The zero-order valence-corrected chi connectivity index (χ0v) is 11.7. The minimum Gasteiger partial charge on any atom is -0.490 e. The number of aromatic nitrogens is 2. The first-order valence-electron chi connectivity index (χ1n) is 5.87. The van der Waals surface area contributed by atoms with E-state index in [9.17, 15) is 10.1 Å². The van der Waals surface area contributed by atoms with E-state index in [0.29, 0.717) is 11.6 Å². The highest BCUT2D eigenvalue weighted by Gasteiger charge is 2.16. The van der Waals surface area contributed by atoms with Gasteiger partial charge in [0.15, 0.2) is 0 Å². The van der Waals surface area contributed by atoms with Crippen molar-refractivity contribution in [3.63, 3.8) is 0 Å². The molecule has 3 aromatic rings. The molecule has 0 unspecified atom stereocenters. The Kier molecular flexibility index (Phi) is 3.36. The summed E-state index contributed by atoms with van der Waals surface area (Å²) in [5, 5.41) is 12.7. The zero-order chi connectivity index (χ0) is 14.8. The van der Waals surface area contributed by atoms with E-state index >= 15 is 0 Å². The molecule has 7 nitrogen and oxygen atoms in total. The zero-order valence-electron chi connectivity index (χ0n) is 10.8. The van der Waals surface area contributed by atoms with Crippen LogP contribution < -0.4 is 9.47 Å². The Hall–Kier alpha value is -2.74. The van der Waals surface area contributed by atoms with Gasteiger partial charge >= 0.3 is 5.69 Å². The van der Waals surface area contributed by atoms with Crippen LogP contribution in [0.4, 0.5) is 5.69 Å². The average Bonchev–Trinajstić information content (AvgIpc) is 2.96. The third kappa shape index (κ3) is 2.48. The molecule has 0 amide bonds. The minimum absolute atomic E-state index is 0.117. The number of nitro benzene ring substituents is 1. The van der Waals surface area contributed by atoms with Crippen LogP contribution in [-0.4, -0.2) is 22.0 Å². The number of benzene rings is 1. The maximum Gasteiger partial charge on any atom is 0.311 e. The number of ether oxygens (including phenoxy) is 2. The van der Waals surface area contributed by atoms with Gasteiger partial charge < -0.3 is 9.47 Å². The molecule has 0 aliphatic rings. The molecule has 0 saturated heterocycles. The summed E-state index contributed by atoms with van der Waals surface area (Å²) in [4.78, 5) is 18.6. The second kappa shape index (κ2) is 5.33. The lowest BCUT2D eigenvalue weighted by Gasteiger charge is -2.07. The standard InChI is InChI=1S/C13H9N3O4S/c1-19-11-6-8(2-3-10(11)16(17)18)20-13-12-9(4-5-21-12)14-7-15-13/h2-7H,1H3. The lowest BCUT2D eigenvalue weighted by Crippen LogP contribution is -1.95. The fourth-order valence-corrected chi connectivity index (χ4v) is 2.59. The molecule has 21 heavy (non-hydrogen) atoms. The predicted octanol–water partition coefficient (Wildman–Crippen LogP) is 3.40. The van der Waals surface area contributed by atoms with Gasteiger partial charge in [-0.1, -0.05) is 0 Å². The molecule has 0 radical (unpaired) electrons. The van der Waals surface area contributed by atoms with E-state index < -0.39 is 4.92 Å². The lowest BCUT2D eigenvalue weighted by molar-refractivity contribution is -0.385.